The van der Waals surface area contributed by atoms with Crippen molar-refractivity contribution in [3.63, 3.8) is 0 Å². The number of ether oxygens (including phenoxy) is 3. The van der Waals surface area contributed by atoms with Crippen LogP contribution < -0.4 is 19.7 Å². The fourth-order valence-corrected chi connectivity index (χ4v) is 5.60. The molecule has 8 nitrogen and oxygen atoms in total. The van der Waals surface area contributed by atoms with E-state index in [0.717, 1.165) is 4.90 Å². The number of carbonyl (C=O) groups excluding carboxylic acids is 3. The first-order valence-electron chi connectivity index (χ1n) is 11.9. The number of hydrogen-bond donors (Lipinski definition) is 1. The first kappa shape index (κ1) is 23.3. The first-order chi connectivity index (χ1) is 16.9. The molecule has 2 fully saturated rings. The van der Waals surface area contributed by atoms with Crippen molar-refractivity contribution >= 4 is 23.5 Å². The van der Waals surface area contributed by atoms with Gasteiger partial charge in [0.25, 0.3) is 0 Å². The molecule has 0 aromatic heterocycles. The number of nitrogens with one attached hydrogen (secondary N) is 1. The molecule has 9 heteroatoms. The van der Waals surface area contributed by atoms with Crippen LogP contribution in [0.15, 0.2) is 42.5 Å². The van der Waals surface area contributed by atoms with Gasteiger partial charge >= 0.3 is 5.97 Å². The summed E-state index contributed by atoms with van der Waals surface area (Å²) in [5.74, 6) is -3.23. The van der Waals surface area contributed by atoms with Gasteiger partial charge in [-0.3, -0.25) is 19.7 Å². The minimum absolute atomic E-state index is 0.113. The molecule has 0 aliphatic carbocycles. The number of nitrogens with zero attached hydrogens (tertiary/aromatic N) is 1. The van der Waals surface area contributed by atoms with E-state index in [9.17, 15) is 18.8 Å². The summed E-state index contributed by atoms with van der Waals surface area (Å²) < 4.78 is 31.5. The molecule has 184 valence electrons. The number of amides is 2. The number of anilines is 1. The van der Waals surface area contributed by atoms with E-state index in [1.165, 1.54) is 6.07 Å². The van der Waals surface area contributed by atoms with Crippen LogP contribution in [-0.2, 0) is 19.1 Å². The topological polar surface area (TPSA) is 94.2 Å². The number of halogens is 1. The molecule has 2 aromatic rings. The summed E-state index contributed by atoms with van der Waals surface area (Å²) in [6.45, 7) is 4.44. The lowest BCUT2D eigenvalue weighted by Gasteiger charge is -2.32. The minimum Gasteiger partial charge on any atom is -0.486 e. The van der Waals surface area contributed by atoms with Crippen molar-refractivity contribution in [2.45, 2.75) is 38.3 Å². The van der Waals surface area contributed by atoms with Gasteiger partial charge in [0.2, 0.25) is 11.8 Å². The van der Waals surface area contributed by atoms with Gasteiger partial charge in [0.05, 0.1) is 24.1 Å². The number of rotatable bonds is 6. The van der Waals surface area contributed by atoms with Gasteiger partial charge in [-0.2, -0.15) is 0 Å². The van der Waals surface area contributed by atoms with Crippen LogP contribution in [0.1, 0.15) is 38.3 Å². The molecule has 2 aromatic carbocycles. The Morgan fingerprint density at radius 3 is 2.57 bits per heavy atom. The fraction of sp³-hybridized carbons (Fsp3) is 0.423. The van der Waals surface area contributed by atoms with Gasteiger partial charge in [-0.25, -0.2) is 9.29 Å². The summed E-state index contributed by atoms with van der Waals surface area (Å²) in [6.07, 6.45) is 0.802. The van der Waals surface area contributed by atoms with Crippen LogP contribution in [-0.4, -0.2) is 43.1 Å². The second-order valence-electron chi connectivity index (χ2n) is 8.93. The lowest BCUT2D eigenvalue weighted by atomic mass is 9.77. The highest BCUT2D eigenvalue weighted by Gasteiger charge is 2.68. The smallest absolute Gasteiger partial charge is 0.327 e. The van der Waals surface area contributed by atoms with Gasteiger partial charge in [0, 0.05) is 17.7 Å². The third-order valence-electron chi connectivity index (χ3n) is 6.96. The maximum atomic E-state index is 14.9. The third kappa shape index (κ3) is 3.56. The molecular weight excluding hydrogens is 455 g/mol. The molecule has 4 unspecified atom stereocenters. The maximum Gasteiger partial charge on any atom is 0.327 e. The van der Waals surface area contributed by atoms with E-state index in [2.05, 4.69) is 5.32 Å². The van der Waals surface area contributed by atoms with Crippen molar-refractivity contribution in [2.75, 3.05) is 24.7 Å². The summed E-state index contributed by atoms with van der Waals surface area (Å²) in [6, 6.07) is 10.1. The van der Waals surface area contributed by atoms with Crippen LogP contribution in [0.5, 0.6) is 11.5 Å². The Morgan fingerprint density at radius 1 is 1.11 bits per heavy atom. The summed E-state index contributed by atoms with van der Waals surface area (Å²) >= 11 is 0. The number of esters is 1. The van der Waals surface area contributed by atoms with E-state index in [1.807, 2.05) is 6.92 Å². The normalized spacial score (nSPS) is 27.2. The lowest BCUT2D eigenvalue weighted by molar-refractivity contribution is -0.155. The Morgan fingerprint density at radius 2 is 1.86 bits per heavy atom. The van der Waals surface area contributed by atoms with Crippen LogP contribution in [0.4, 0.5) is 10.1 Å². The van der Waals surface area contributed by atoms with E-state index < -0.39 is 47.0 Å². The predicted molar refractivity (Wildman–Crippen MR) is 123 cm³/mol. The molecule has 2 saturated heterocycles. The highest BCUT2D eigenvalue weighted by Crippen LogP contribution is 2.52. The molecule has 1 N–H and O–H groups in total. The van der Waals surface area contributed by atoms with Crippen molar-refractivity contribution in [3.8, 4) is 11.5 Å². The van der Waals surface area contributed by atoms with E-state index >= 15 is 0 Å². The summed E-state index contributed by atoms with van der Waals surface area (Å²) in [5, 5.41) is 3.20. The van der Waals surface area contributed by atoms with Gasteiger partial charge in [-0.15, -0.1) is 0 Å². The number of carbonyl (C=O) groups is 3. The second kappa shape index (κ2) is 8.96. The largest absolute Gasteiger partial charge is 0.486 e. The lowest BCUT2D eigenvalue weighted by Crippen LogP contribution is -2.56. The summed E-state index contributed by atoms with van der Waals surface area (Å²) in [7, 11) is 0. The van der Waals surface area contributed by atoms with E-state index in [4.69, 9.17) is 14.2 Å². The summed E-state index contributed by atoms with van der Waals surface area (Å²) in [4.78, 5) is 42.2. The highest BCUT2D eigenvalue weighted by atomic mass is 19.1. The predicted octanol–water partition coefficient (Wildman–Crippen LogP) is 3.15. The van der Waals surface area contributed by atoms with Crippen molar-refractivity contribution in [1.82, 2.24) is 5.32 Å². The van der Waals surface area contributed by atoms with Gasteiger partial charge in [0.1, 0.15) is 24.6 Å². The van der Waals surface area contributed by atoms with Crippen LogP contribution in [0.25, 0.3) is 0 Å². The monoisotopic (exact) mass is 482 g/mol. The van der Waals surface area contributed by atoms with Crippen molar-refractivity contribution in [1.29, 1.82) is 0 Å². The number of imide groups is 1. The molecule has 0 bridgehead atoms. The average Bonchev–Trinajstić information content (AvgIpc) is 3.33. The van der Waals surface area contributed by atoms with Crippen LogP contribution in [0.3, 0.4) is 0 Å². The zero-order valence-corrected chi connectivity index (χ0v) is 19.6. The molecule has 5 rings (SSSR count). The van der Waals surface area contributed by atoms with Crippen molar-refractivity contribution in [2.24, 2.45) is 11.8 Å². The highest BCUT2D eigenvalue weighted by molar-refractivity contribution is 6.24. The number of benzene rings is 2. The Kier molecular flexibility index (Phi) is 5.96. The molecule has 4 atom stereocenters. The van der Waals surface area contributed by atoms with Crippen LogP contribution in [0, 0.1) is 17.7 Å². The van der Waals surface area contributed by atoms with Gasteiger partial charge in [-0.05, 0) is 31.5 Å². The van der Waals surface area contributed by atoms with Crippen molar-refractivity contribution in [3.05, 3.63) is 53.8 Å². The molecule has 0 spiro atoms. The maximum absolute atomic E-state index is 14.9. The fourth-order valence-electron chi connectivity index (χ4n) is 5.60. The second-order valence-corrected chi connectivity index (χ2v) is 8.93. The zero-order chi connectivity index (χ0) is 24.7. The molecule has 0 saturated carbocycles. The number of fused-ring (bicyclic) bond motifs is 2. The van der Waals surface area contributed by atoms with Gasteiger partial charge in [-0.1, -0.05) is 31.5 Å². The Labute approximate surface area is 202 Å². The molecule has 3 aliphatic rings. The molecule has 3 aliphatic heterocycles. The molecule has 0 radical (unpaired) electrons. The van der Waals surface area contributed by atoms with E-state index in [1.54, 1.807) is 43.3 Å². The zero-order valence-electron chi connectivity index (χ0n) is 19.6. The summed E-state index contributed by atoms with van der Waals surface area (Å²) in [5.41, 5.74) is -0.910. The van der Waals surface area contributed by atoms with Gasteiger partial charge in [0.15, 0.2) is 11.5 Å². The quantitative estimate of drug-likeness (QED) is 0.499. The van der Waals surface area contributed by atoms with E-state index in [0.29, 0.717) is 36.8 Å². The molecule has 2 amide bonds. The molecule has 3 heterocycles. The third-order valence-corrected chi connectivity index (χ3v) is 6.96. The van der Waals surface area contributed by atoms with Crippen LogP contribution in [0.2, 0.25) is 0 Å². The number of hydrogen-bond acceptors (Lipinski definition) is 7. The standard InChI is InChI=1S/C26H27FN2O6/c1-3-11-26(25(32)33-4-2)21-20(22(28-26)16-7-5-6-8-17(16)27)23(30)29(24(21)31)15-9-10-18-19(14-15)35-13-12-34-18/h5-10,14,20-22,28H,3-4,11-13H2,1-2H3. The Hall–Kier alpha value is -3.46. The minimum atomic E-state index is -1.46. The molecule has 35 heavy (non-hydrogen) atoms. The SMILES string of the molecule is CCCC1(C(=O)OCC)NC(c2ccccc2F)C2C(=O)N(c3ccc4c(c3)OCCO4)C(=O)C21. The van der Waals surface area contributed by atoms with Crippen LogP contribution >= 0.6 is 0 Å². The first-order valence-corrected chi connectivity index (χ1v) is 11.9. The van der Waals surface area contributed by atoms with Gasteiger partial charge < -0.3 is 14.2 Å². The Balaban J connectivity index is 1.63. The van der Waals surface area contributed by atoms with Crippen molar-refractivity contribution < 1.29 is 33.0 Å². The average molecular weight is 483 g/mol. The van der Waals surface area contributed by atoms with E-state index in [-0.39, 0.29) is 18.6 Å². The Bertz CT molecular complexity index is 1190. The molecular formula is C26H27FN2O6.